The number of aromatic carboxylic acids is 1. The summed E-state index contributed by atoms with van der Waals surface area (Å²) in [4.78, 5) is 23.1. The molecule has 0 atom stereocenters. The molecular weight excluding hydrogens is 361 g/mol. The van der Waals surface area contributed by atoms with Crippen molar-refractivity contribution < 1.29 is 27.9 Å². The van der Waals surface area contributed by atoms with Crippen LogP contribution in [0.1, 0.15) is 42.6 Å². The normalized spacial score (nSPS) is 20.3. The minimum Gasteiger partial charge on any atom is -0.478 e. The van der Waals surface area contributed by atoms with E-state index >= 15 is 0 Å². The number of hydrogen-bond donors (Lipinski definition) is 1. The summed E-state index contributed by atoms with van der Waals surface area (Å²) in [7, 11) is 0. The number of halogens is 3. The molecule has 0 spiro atoms. The van der Waals surface area contributed by atoms with Crippen molar-refractivity contribution in [2.45, 2.75) is 39.4 Å². The maximum Gasteiger partial charge on any atom is 0.435 e. The molecule has 8 heteroatoms. The van der Waals surface area contributed by atoms with Crippen LogP contribution in [-0.2, 0) is 11.3 Å². The molecule has 1 aromatic rings. The van der Waals surface area contributed by atoms with Gasteiger partial charge in [0, 0.05) is 18.5 Å². The maximum atomic E-state index is 13.4. The quantitative estimate of drug-likeness (QED) is 0.801. The number of carboxylic acid groups (broad SMARTS) is 1. The number of nitrogens with zero attached hydrogens (tertiary/aromatic N) is 2. The van der Waals surface area contributed by atoms with Crippen molar-refractivity contribution in [3.8, 4) is 0 Å². The zero-order valence-electron chi connectivity index (χ0n) is 15.1. The fourth-order valence-corrected chi connectivity index (χ4v) is 2.75. The average molecular weight is 382 g/mol. The molecule has 1 aliphatic heterocycles. The van der Waals surface area contributed by atoms with E-state index in [2.05, 4.69) is 11.7 Å². The van der Waals surface area contributed by atoms with Crippen LogP contribution < -0.4 is 0 Å². The number of hydrogen-bond acceptors (Lipinski definition) is 4. The van der Waals surface area contributed by atoms with Crippen molar-refractivity contribution in [1.29, 1.82) is 0 Å². The summed E-state index contributed by atoms with van der Waals surface area (Å²) in [5.74, 6) is -1.75. The van der Waals surface area contributed by atoms with Crippen molar-refractivity contribution >= 4 is 17.5 Å². The Morgan fingerprint density at radius 3 is 2.41 bits per heavy atom. The smallest absolute Gasteiger partial charge is 0.435 e. The van der Waals surface area contributed by atoms with Crippen LogP contribution >= 0.6 is 0 Å². The molecule has 27 heavy (non-hydrogen) atoms. The van der Waals surface area contributed by atoms with Crippen LogP contribution in [0, 0.1) is 5.41 Å². The van der Waals surface area contributed by atoms with Crippen molar-refractivity contribution in [3.63, 3.8) is 0 Å². The number of hydrazone groups is 1. The molecule has 0 fully saturated rings. The van der Waals surface area contributed by atoms with E-state index in [9.17, 15) is 22.8 Å². The second-order valence-electron chi connectivity index (χ2n) is 7.33. The summed E-state index contributed by atoms with van der Waals surface area (Å²) >= 11 is 0. The standard InChI is InChI=1S/C19H21F3N2O3/c1-12-15(25)10-18(2,3)8-9-24(23-16(12)19(20,21)22)11-13-4-6-14(7-5-13)17(26)27/h4-7H,1,8-11H2,2-3H3,(H,26,27)/b23-16+. The Bertz CT molecular complexity index is 780. The summed E-state index contributed by atoms with van der Waals surface area (Å²) in [6.07, 6.45) is -4.37. The molecule has 1 N–H and O–H groups in total. The first-order valence-electron chi connectivity index (χ1n) is 8.34. The number of alkyl halides is 3. The predicted octanol–water partition coefficient (Wildman–Crippen LogP) is 4.05. The molecule has 0 amide bonds. The van der Waals surface area contributed by atoms with Gasteiger partial charge >= 0.3 is 12.1 Å². The van der Waals surface area contributed by atoms with E-state index in [-0.39, 0.29) is 25.1 Å². The van der Waals surface area contributed by atoms with E-state index in [1.165, 1.54) is 29.3 Å². The lowest BCUT2D eigenvalue weighted by atomic mass is 9.82. The van der Waals surface area contributed by atoms with Crippen LogP contribution in [0.15, 0.2) is 41.5 Å². The van der Waals surface area contributed by atoms with Gasteiger partial charge in [0.25, 0.3) is 0 Å². The number of carbonyl (C=O) groups is 2. The summed E-state index contributed by atoms with van der Waals surface area (Å²) < 4.78 is 40.3. The van der Waals surface area contributed by atoms with E-state index in [0.717, 1.165) is 0 Å². The Morgan fingerprint density at radius 1 is 1.30 bits per heavy atom. The van der Waals surface area contributed by atoms with Crippen LogP contribution in [0.25, 0.3) is 0 Å². The van der Waals surface area contributed by atoms with Gasteiger partial charge < -0.3 is 5.11 Å². The molecule has 1 aliphatic rings. The molecule has 1 aromatic carbocycles. The Kier molecular flexibility index (Phi) is 5.77. The SMILES string of the molecule is C=C1C(=O)CC(C)(C)CCN(Cc2ccc(C(=O)O)cc2)/N=C\1C(F)(F)F. The number of ketones is 1. The van der Waals surface area contributed by atoms with Gasteiger partial charge in [0.2, 0.25) is 0 Å². The molecule has 1 heterocycles. The predicted molar refractivity (Wildman–Crippen MR) is 94.5 cm³/mol. The average Bonchev–Trinajstić information content (AvgIpc) is 2.58. The number of rotatable bonds is 3. The summed E-state index contributed by atoms with van der Waals surface area (Å²) in [5.41, 5.74) is -1.72. The molecule has 0 unspecified atom stereocenters. The van der Waals surface area contributed by atoms with Gasteiger partial charge in [-0.3, -0.25) is 9.80 Å². The van der Waals surface area contributed by atoms with Crippen LogP contribution in [0.4, 0.5) is 13.2 Å². The Balaban J connectivity index is 2.37. The highest BCUT2D eigenvalue weighted by molar-refractivity contribution is 6.23. The van der Waals surface area contributed by atoms with Gasteiger partial charge in [0.1, 0.15) is 0 Å². The molecule has 0 aliphatic carbocycles. The molecule has 5 nitrogen and oxygen atoms in total. The second kappa shape index (κ2) is 7.54. The van der Waals surface area contributed by atoms with Crippen molar-refractivity contribution in [2.75, 3.05) is 6.54 Å². The van der Waals surface area contributed by atoms with Crippen LogP contribution in [-0.4, -0.2) is 40.3 Å². The lowest BCUT2D eigenvalue weighted by Gasteiger charge is -2.26. The number of allylic oxidation sites excluding steroid dienone is 1. The first-order chi connectivity index (χ1) is 12.4. The Morgan fingerprint density at radius 2 is 1.89 bits per heavy atom. The van der Waals surface area contributed by atoms with Crippen LogP contribution in [0.5, 0.6) is 0 Å². The summed E-state index contributed by atoms with van der Waals surface area (Å²) in [5, 5.41) is 13.9. The number of benzene rings is 1. The maximum absolute atomic E-state index is 13.4. The Hall–Kier alpha value is -2.64. The fourth-order valence-electron chi connectivity index (χ4n) is 2.75. The molecule has 0 saturated carbocycles. The molecule has 0 saturated heterocycles. The van der Waals surface area contributed by atoms with E-state index in [4.69, 9.17) is 5.11 Å². The van der Waals surface area contributed by atoms with Gasteiger partial charge in [0.15, 0.2) is 11.5 Å². The van der Waals surface area contributed by atoms with Crippen molar-refractivity contribution in [2.24, 2.45) is 10.5 Å². The van der Waals surface area contributed by atoms with Crippen LogP contribution in [0.2, 0.25) is 0 Å². The first kappa shape index (κ1) is 20.7. The molecule has 2 rings (SSSR count). The van der Waals surface area contributed by atoms with Gasteiger partial charge in [-0.25, -0.2) is 4.79 Å². The third-order valence-corrected chi connectivity index (χ3v) is 4.38. The Labute approximate surface area is 155 Å². The van der Waals surface area contributed by atoms with E-state index < -0.39 is 34.6 Å². The second-order valence-corrected chi connectivity index (χ2v) is 7.33. The molecule has 146 valence electrons. The van der Waals surface area contributed by atoms with Gasteiger partial charge in [-0.2, -0.15) is 18.3 Å². The van der Waals surface area contributed by atoms with Gasteiger partial charge in [0.05, 0.1) is 12.1 Å². The molecular formula is C19H21F3N2O3. The number of carboxylic acids is 1. The lowest BCUT2D eigenvalue weighted by Crippen LogP contribution is -2.31. The van der Waals surface area contributed by atoms with Gasteiger partial charge in [-0.1, -0.05) is 32.6 Å². The minimum atomic E-state index is -4.80. The van der Waals surface area contributed by atoms with Crippen molar-refractivity contribution in [1.82, 2.24) is 5.01 Å². The largest absolute Gasteiger partial charge is 0.478 e. The highest BCUT2D eigenvalue weighted by Crippen LogP contribution is 2.32. The van der Waals surface area contributed by atoms with Crippen LogP contribution in [0.3, 0.4) is 0 Å². The zero-order valence-corrected chi connectivity index (χ0v) is 15.1. The van der Waals surface area contributed by atoms with Crippen molar-refractivity contribution in [3.05, 3.63) is 47.5 Å². The topological polar surface area (TPSA) is 70.0 Å². The lowest BCUT2D eigenvalue weighted by molar-refractivity contribution is -0.117. The van der Waals surface area contributed by atoms with Gasteiger partial charge in [-0.05, 0) is 29.5 Å². The highest BCUT2D eigenvalue weighted by atomic mass is 19.4. The van der Waals surface area contributed by atoms with E-state index in [0.29, 0.717) is 12.0 Å². The number of carbonyl (C=O) groups excluding carboxylic acids is 1. The molecule has 0 bridgehead atoms. The third-order valence-electron chi connectivity index (χ3n) is 4.38. The highest BCUT2D eigenvalue weighted by Gasteiger charge is 2.42. The minimum absolute atomic E-state index is 0.0396. The summed E-state index contributed by atoms with van der Waals surface area (Å²) in [6.45, 7) is 7.23. The number of Topliss-reactive ketones (excluding diaryl/α,β-unsaturated/α-hetero) is 1. The molecule has 0 radical (unpaired) electrons. The van der Waals surface area contributed by atoms with Gasteiger partial charge in [-0.15, -0.1) is 0 Å². The third kappa shape index (κ3) is 5.42. The van der Waals surface area contributed by atoms with E-state index in [1.807, 2.05) is 13.8 Å². The van der Waals surface area contributed by atoms with E-state index in [1.54, 1.807) is 0 Å². The molecule has 0 aromatic heterocycles. The fraction of sp³-hybridized carbons (Fsp3) is 0.421. The zero-order chi connectivity index (χ0) is 20.4. The monoisotopic (exact) mass is 382 g/mol. The summed E-state index contributed by atoms with van der Waals surface area (Å²) in [6, 6.07) is 5.83. The first-order valence-corrected chi connectivity index (χ1v) is 8.34.